The number of rotatable bonds is 13. The first-order valence-electron chi connectivity index (χ1n) is 10.8. The van der Waals surface area contributed by atoms with Crippen molar-refractivity contribution < 1.29 is 14.7 Å². The molecule has 0 unspecified atom stereocenters. The number of aryl methyl sites for hydroxylation is 2. The van der Waals surface area contributed by atoms with E-state index in [9.17, 15) is 14.7 Å². The van der Waals surface area contributed by atoms with Gasteiger partial charge < -0.3 is 25.6 Å². The number of alkyl halides is 2. The number of carbonyl (C=O) groups excluding carboxylic acids is 1. The Labute approximate surface area is 223 Å². The van der Waals surface area contributed by atoms with E-state index in [0.717, 1.165) is 22.5 Å². The summed E-state index contributed by atoms with van der Waals surface area (Å²) in [5.41, 5.74) is 8.87. The van der Waals surface area contributed by atoms with Gasteiger partial charge in [-0.2, -0.15) is 0 Å². The number of fused-ring (bicyclic) bond motifs is 1. The van der Waals surface area contributed by atoms with Crippen LogP contribution in [0, 0.1) is 5.92 Å². The number of carboxylic acid groups (broad SMARTS) is 1. The van der Waals surface area contributed by atoms with Crippen LogP contribution >= 0.6 is 48.0 Å². The van der Waals surface area contributed by atoms with Crippen molar-refractivity contribution in [3.63, 3.8) is 0 Å². The molecule has 1 aromatic carbocycles. The molecule has 1 aromatic heterocycles. The molecule has 0 aliphatic heterocycles. The van der Waals surface area contributed by atoms with Gasteiger partial charge in [0.05, 0.1) is 17.1 Å². The molecule has 2 rings (SSSR count). The zero-order chi connectivity index (χ0) is 23.8. The average Bonchev–Trinajstić information content (AvgIpc) is 3.05. The van der Waals surface area contributed by atoms with E-state index in [2.05, 4.69) is 10.2 Å². The third kappa shape index (κ3) is 8.96. The number of anilines is 1. The number of hydrogen-bond acceptors (Lipinski definition) is 5. The lowest BCUT2D eigenvalue weighted by molar-refractivity contribution is -0.142. The van der Waals surface area contributed by atoms with Gasteiger partial charge in [-0.15, -0.1) is 48.0 Å². The van der Waals surface area contributed by atoms with Crippen LogP contribution in [-0.2, 0) is 23.1 Å². The number of halogens is 4. The van der Waals surface area contributed by atoms with Gasteiger partial charge in [0.25, 0.3) is 0 Å². The van der Waals surface area contributed by atoms with Crippen LogP contribution in [0.25, 0.3) is 11.0 Å². The maximum atomic E-state index is 12.4. The lowest BCUT2D eigenvalue weighted by Crippen LogP contribution is -2.49. The third-order valence-electron chi connectivity index (χ3n) is 5.37. The molecule has 194 valence electrons. The monoisotopic (exact) mass is 557 g/mol. The standard InChI is InChI=1S/C22H33Cl2N5O3.2ClH/c1-14(2)12-18(22(31)32)27-21(30)16(25)5-7-20-26-17-13-15(4-6-19(17)28(20)3)29(10-8-23)11-9-24;;/h4,6,13-14,16,18H,5,7-12,25H2,1-3H3,(H,27,30)(H,31,32);2*1H/t16-,18-;;/m0../s1. The topological polar surface area (TPSA) is 113 Å². The quantitative estimate of drug-likeness (QED) is 0.324. The predicted octanol–water partition coefficient (Wildman–Crippen LogP) is 3.58. The zero-order valence-corrected chi connectivity index (χ0v) is 22.8. The van der Waals surface area contributed by atoms with Crippen LogP contribution in [0.5, 0.6) is 0 Å². The molecule has 34 heavy (non-hydrogen) atoms. The van der Waals surface area contributed by atoms with Crippen molar-refractivity contribution in [2.45, 2.75) is 45.2 Å². The molecule has 0 radical (unpaired) electrons. The number of carbonyl (C=O) groups is 2. The molecule has 4 N–H and O–H groups in total. The Balaban J connectivity index is 0.00000544. The van der Waals surface area contributed by atoms with Crippen molar-refractivity contribution >= 4 is 76.6 Å². The van der Waals surface area contributed by atoms with Gasteiger partial charge in [-0.25, -0.2) is 9.78 Å². The highest BCUT2D eigenvalue weighted by Crippen LogP contribution is 2.23. The maximum absolute atomic E-state index is 12.4. The predicted molar refractivity (Wildman–Crippen MR) is 144 cm³/mol. The fraction of sp³-hybridized carbons (Fsp3) is 0.591. The summed E-state index contributed by atoms with van der Waals surface area (Å²) in [5.74, 6) is 0.436. The summed E-state index contributed by atoms with van der Waals surface area (Å²) in [6, 6.07) is 4.28. The summed E-state index contributed by atoms with van der Waals surface area (Å²) in [5, 5.41) is 11.9. The number of imidazole rings is 1. The molecule has 2 aromatic rings. The Morgan fingerprint density at radius 2 is 1.82 bits per heavy atom. The number of nitrogens with zero attached hydrogens (tertiary/aromatic N) is 3. The van der Waals surface area contributed by atoms with Gasteiger partial charge in [0, 0.05) is 44.0 Å². The van der Waals surface area contributed by atoms with Crippen LogP contribution in [0.4, 0.5) is 5.69 Å². The Morgan fingerprint density at radius 1 is 1.21 bits per heavy atom. The van der Waals surface area contributed by atoms with Crippen molar-refractivity contribution in [3.8, 4) is 0 Å². The minimum atomic E-state index is -1.05. The van der Waals surface area contributed by atoms with E-state index < -0.39 is 24.0 Å². The fourth-order valence-corrected chi connectivity index (χ4v) is 4.03. The van der Waals surface area contributed by atoms with Crippen molar-refractivity contribution in [2.24, 2.45) is 18.7 Å². The largest absolute Gasteiger partial charge is 0.480 e. The highest BCUT2D eigenvalue weighted by atomic mass is 35.5. The summed E-state index contributed by atoms with van der Waals surface area (Å²) in [7, 11) is 1.92. The van der Waals surface area contributed by atoms with Gasteiger partial charge in [0.2, 0.25) is 5.91 Å². The molecule has 2 atom stereocenters. The number of carboxylic acids is 1. The van der Waals surface area contributed by atoms with Gasteiger partial charge in [0.15, 0.2) is 0 Å². The van der Waals surface area contributed by atoms with Gasteiger partial charge in [-0.1, -0.05) is 13.8 Å². The highest BCUT2D eigenvalue weighted by Gasteiger charge is 2.24. The second-order valence-corrected chi connectivity index (χ2v) is 9.06. The molecule has 0 fully saturated rings. The lowest BCUT2D eigenvalue weighted by Gasteiger charge is -2.22. The number of aromatic nitrogens is 2. The van der Waals surface area contributed by atoms with Crippen molar-refractivity contribution in [3.05, 3.63) is 24.0 Å². The molecule has 1 heterocycles. The molecular formula is C22H35Cl4N5O3. The van der Waals surface area contributed by atoms with E-state index in [4.69, 9.17) is 33.9 Å². The van der Waals surface area contributed by atoms with Crippen molar-refractivity contribution in [1.29, 1.82) is 0 Å². The van der Waals surface area contributed by atoms with Crippen LogP contribution in [0.3, 0.4) is 0 Å². The van der Waals surface area contributed by atoms with E-state index in [0.29, 0.717) is 44.1 Å². The third-order valence-corrected chi connectivity index (χ3v) is 5.71. The molecule has 0 aliphatic rings. The number of hydrogen-bond donors (Lipinski definition) is 3. The summed E-state index contributed by atoms with van der Waals surface area (Å²) in [4.78, 5) is 30.6. The minimum absolute atomic E-state index is 0. The molecule has 12 heteroatoms. The van der Waals surface area contributed by atoms with Crippen LogP contribution in [0.2, 0.25) is 0 Å². The first-order chi connectivity index (χ1) is 15.2. The molecular weight excluding hydrogens is 524 g/mol. The fourth-order valence-electron chi connectivity index (χ4n) is 3.62. The molecule has 0 saturated carbocycles. The highest BCUT2D eigenvalue weighted by molar-refractivity contribution is 6.18. The van der Waals surface area contributed by atoms with Crippen LogP contribution in [-0.4, -0.2) is 63.5 Å². The van der Waals surface area contributed by atoms with Gasteiger partial charge in [0.1, 0.15) is 11.9 Å². The molecule has 0 aliphatic carbocycles. The van der Waals surface area contributed by atoms with Crippen molar-refractivity contribution in [1.82, 2.24) is 14.9 Å². The second kappa shape index (κ2) is 15.5. The van der Waals surface area contributed by atoms with E-state index in [1.807, 2.05) is 43.7 Å². The van der Waals surface area contributed by atoms with E-state index >= 15 is 0 Å². The first kappa shape index (κ1) is 32.5. The Kier molecular flexibility index (Phi) is 14.9. The number of amides is 1. The number of nitrogens with two attached hydrogens (primary N) is 1. The zero-order valence-electron chi connectivity index (χ0n) is 19.7. The number of aliphatic carboxylic acids is 1. The van der Waals surface area contributed by atoms with E-state index in [1.54, 1.807) is 0 Å². The second-order valence-electron chi connectivity index (χ2n) is 8.30. The average molecular weight is 559 g/mol. The minimum Gasteiger partial charge on any atom is -0.480 e. The van der Waals surface area contributed by atoms with Crippen LogP contribution in [0.1, 0.15) is 32.5 Å². The van der Waals surface area contributed by atoms with Gasteiger partial charge >= 0.3 is 5.97 Å². The molecule has 1 amide bonds. The summed E-state index contributed by atoms with van der Waals surface area (Å²) >= 11 is 11.8. The molecule has 0 spiro atoms. The maximum Gasteiger partial charge on any atom is 0.326 e. The first-order valence-corrected chi connectivity index (χ1v) is 11.9. The lowest BCUT2D eigenvalue weighted by atomic mass is 10.0. The van der Waals surface area contributed by atoms with Crippen LogP contribution in [0.15, 0.2) is 18.2 Å². The summed E-state index contributed by atoms with van der Waals surface area (Å²) in [6.07, 6.45) is 1.20. The van der Waals surface area contributed by atoms with E-state index in [-0.39, 0.29) is 30.7 Å². The number of benzene rings is 1. The molecule has 0 bridgehead atoms. The molecule has 8 nitrogen and oxygen atoms in total. The summed E-state index contributed by atoms with van der Waals surface area (Å²) in [6.45, 7) is 5.20. The van der Waals surface area contributed by atoms with Gasteiger partial charge in [-0.05, 0) is 37.0 Å². The Morgan fingerprint density at radius 3 is 2.35 bits per heavy atom. The normalized spacial score (nSPS) is 12.6. The van der Waals surface area contributed by atoms with Crippen LogP contribution < -0.4 is 16.0 Å². The van der Waals surface area contributed by atoms with Crippen molar-refractivity contribution in [2.75, 3.05) is 29.7 Å². The smallest absolute Gasteiger partial charge is 0.326 e. The van der Waals surface area contributed by atoms with Gasteiger partial charge in [-0.3, -0.25) is 4.79 Å². The molecule has 0 saturated heterocycles. The number of nitrogens with one attached hydrogen (secondary N) is 1. The SMILES string of the molecule is CC(C)C[C@H](NC(=O)[C@@H](N)CCc1nc2cc(N(CCCl)CCCl)ccc2n1C)C(=O)O.Cl.Cl. The Bertz CT molecular complexity index is 919. The summed E-state index contributed by atoms with van der Waals surface area (Å²) < 4.78 is 1.98. The Hall–Kier alpha value is -1.45. The van der Waals surface area contributed by atoms with E-state index in [1.165, 1.54) is 0 Å².